The van der Waals surface area contributed by atoms with Crippen molar-refractivity contribution in [3.05, 3.63) is 0 Å². The highest BCUT2D eigenvalue weighted by molar-refractivity contribution is 7.89. The van der Waals surface area contributed by atoms with Gasteiger partial charge in [-0.15, -0.1) is 11.6 Å². The maximum absolute atomic E-state index is 11.7. The first-order chi connectivity index (χ1) is 6.61. The summed E-state index contributed by atoms with van der Waals surface area (Å²) >= 11 is 5.45. The van der Waals surface area contributed by atoms with Gasteiger partial charge in [-0.1, -0.05) is 0 Å². The number of sulfonamides is 1. The lowest BCUT2D eigenvalue weighted by Gasteiger charge is -2.20. The highest BCUT2D eigenvalue weighted by Crippen LogP contribution is 2.29. The molecule has 0 N–H and O–H groups in total. The molecular formula is C8H16ClNO3S. The van der Waals surface area contributed by atoms with Gasteiger partial charge in [0.1, 0.15) is 0 Å². The molecule has 1 aliphatic carbocycles. The molecule has 0 amide bonds. The van der Waals surface area contributed by atoms with E-state index in [2.05, 4.69) is 0 Å². The topological polar surface area (TPSA) is 46.6 Å². The Morgan fingerprint density at radius 3 is 2.57 bits per heavy atom. The fourth-order valence-electron chi connectivity index (χ4n) is 1.31. The number of halogens is 1. The minimum absolute atomic E-state index is 0.0226. The molecule has 1 rings (SSSR count). The minimum Gasteiger partial charge on any atom is -0.383 e. The van der Waals surface area contributed by atoms with Crippen LogP contribution in [0.25, 0.3) is 0 Å². The van der Waals surface area contributed by atoms with E-state index in [9.17, 15) is 8.42 Å². The molecule has 0 aromatic heterocycles. The number of ether oxygens (including phenoxy) is 1. The molecule has 1 aliphatic rings. The van der Waals surface area contributed by atoms with Crippen molar-refractivity contribution in [3.8, 4) is 0 Å². The quantitative estimate of drug-likeness (QED) is 0.616. The summed E-state index contributed by atoms with van der Waals surface area (Å²) in [6, 6.07) is 0.193. The van der Waals surface area contributed by atoms with E-state index in [4.69, 9.17) is 16.3 Å². The number of hydrogen-bond donors (Lipinski definition) is 0. The first-order valence-electron chi connectivity index (χ1n) is 4.66. The third-order valence-corrected chi connectivity index (χ3v) is 4.49. The van der Waals surface area contributed by atoms with E-state index >= 15 is 0 Å². The first-order valence-corrected chi connectivity index (χ1v) is 6.80. The Balaban J connectivity index is 2.56. The van der Waals surface area contributed by atoms with Gasteiger partial charge in [0.25, 0.3) is 0 Å². The van der Waals surface area contributed by atoms with Gasteiger partial charge in [0, 0.05) is 25.6 Å². The highest BCUT2D eigenvalue weighted by Gasteiger charge is 2.36. The molecule has 84 valence electrons. The van der Waals surface area contributed by atoms with Gasteiger partial charge < -0.3 is 4.74 Å². The van der Waals surface area contributed by atoms with Crippen LogP contribution in [0.4, 0.5) is 0 Å². The third kappa shape index (κ3) is 3.38. The van der Waals surface area contributed by atoms with Crippen LogP contribution in [0.3, 0.4) is 0 Å². The molecule has 0 atom stereocenters. The number of alkyl halides is 1. The van der Waals surface area contributed by atoms with Crippen LogP contribution in [0.2, 0.25) is 0 Å². The van der Waals surface area contributed by atoms with Gasteiger partial charge in [-0.05, 0) is 12.8 Å². The number of hydrogen-bond acceptors (Lipinski definition) is 3. The Bertz CT molecular complexity index is 264. The van der Waals surface area contributed by atoms with E-state index in [0.717, 1.165) is 12.8 Å². The summed E-state index contributed by atoms with van der Waals surface area (Å²) in [5.74, 6) is 0.174. The molecular weight excluding hydrogens is 226 g/mol. The fourth-order valence-corrected chi connectivity index (χ4v) is 3.34. The summed E-state index contributed by atoms with van der Waals surface area (Å²) in [6.45, 7) is 0.887. The van der Waals surface area contributed by atoms with E-state index in [1.165, 1.54) is 4.31 Å². The van der Waals surface area contributed by atoms with Crippen molar-refractivity contribution in [2.75, 3.05) is 31.9 Å². The average Bonchev–Trinajstić information content (AvgIpc) is 2.88. The van der Waals surface area contributed by atoms with Gasteiger partial charge in [-0.3, -0.25) is 0 Å². The van der Waals surface area contributed by atoms with Crippen molar-refractivity contribution in [2.45, 2.75) is 18.9 Å². The third-order valence-electron chi connectivity index (χ3n) is 2.16. The zero-order valence-corrected chi connectivity index (χ0v) is 9.85. The van der Waals surface area contributed by atoms with Crippen LogP contribution in [-0.2, 0) is 14.8 Å². The molecule has 0 spiro atoms. The van der Waals surface area contributed by atoms with E-state index < -0.39 is 10.0 Å². The van der Waals surface area contributed by atoms with Crippen LogP contribution in [0.15, 0.2) is 0 Å². The highest BCUT2D eigenvalue weighted by atomic mass is 35.5. The lowest BCUT2D eigenvalue weighted by molar-refractivity contribution is 0.177. The molecule has 0 saturated heterocycles. The summed E-state index contributed by atoms with van der Waals surface area (Å²) in [6.07, 6.45) is 1.93. The lowest BCUT2D eigenvalue weighted by atomic mass is 10.6. The predicted molar refractivity (Wildman–Crippen MR) is 56.1 cm³/mol. The van der Waals surface area contributed by atoms with Crippen molar-refractivity contribution in [1.82, 2.24) is 4.31 Å². The maximum Gasteiger partial charge on any atom is 0.215 e. The largest absolute Gasteiger partial charge is 0.383 e. The Labute approximate surface area is 90.2 Å². The van der Waals surface area contributed by atoms with Crippen molar-refractivity contribution in [3.63, 3.8) is 0 Å². The molecule has 0 aliphatic heterocycles. The predicted octanol–water partition coefficient (Wildman–Crippen LogP) is 0.666. The molecule has 14 heavy (non-hydrogen) atoms. The minimum atomic E-state index is -3.16. The maximum atomic E-state index is 11.7. The summed E-state index contributed by atoms with van der Waals surface area (Å²) < 4.78 is 29.8. The Hall–Kier alpha value is 0.160. The molecule has 0 unspecified atom stereocenters. The summed E-state index contributed by atoms with van der Waals surface area (Å²) in [5, 5.41) is 0. The molecule has 1 fully saturated rings. The van der Waals surface area contributed by atoms with E-state index in [1.807, 2.05) is 0 Å². The SMILES string of the molecule is COCCN(C1CC1)S(=O)(=O)CCCl. The Kier molecular flexibility index (Phi) is 4.63. The van der Waals surface area contributed by atoms with Gasteiger partial charge in [0.2, 0.25) is 10.0 Å². The molecule has 1 saturated carbocycles. The molecule has 4 nitrogen and oxygen atoms in total. The number of methoxy groups -OCH3 is 1. The van der Waals surface area contributed by atoms with Crippen LogP contribution in [0, 0.1) is 0 Å². The zero-order valence-electron chi connectivity index (χ0n) is 8.28. The number of rotatable bonds is 7. The standard InChI is InChI=1S/C8H16ClNO3S/c1-13-6-5-10(8-2-3-8)14(11,12)7-4-9/h8H,2-7H2,1H3. The van der Waals surface area contributed by atoms with Crippen LogP contribution in [-0.4, -0.2) is 50.7 Å². The second-order valence-electron chi connectivity index (χ2n) is 3.34. The molecule has 0 radical (unpaired) electrons. The van der Waals surface area contributed by atoms with Gasteiger partial charge in [-0.2, -0.15) is 4.31 Å². The molecule has 0 aromatic rings. The molecule has 0 bridgehead atoms. The van der Waals surface area contributed by atoms with Gasteiger partial charge in [-0.25, -0.2) is 8.42 Å². The Morgan fingerprint density at radius 1 is 1.50 bits per heavy atom. The van der Waals surface area contributed by atoms with E-state index in [-0.39, 0.29) is 17.7 Å². The lowest BCUT2D eigenvalue weighted by Crippen LogP contribution is -2.37. The fraction of sp³-hybridized carbons (Fsp3) is 1.00. The van der Waals surface area contributed by atoms with Crippen LogP contribution in [0.1, 0.15) is 12.8 Å². The molecule has 0 heterocycles. The van der Waals surface area contributed by atoms with Crippen LogP contribution in [0.5, 0.6) is 0 Å². The molecule has 6 heteroatoms. The Morgan fingerprint density at radius 2 is 2.14 bits per heavy atom. The van der Waals surface area contributed by atoms with Gasteiger partial charge in [0.05, 0.1) is 12.4 Å². The number of nitrogens with zero attached hydrogens (tertiary/aromatic N) is 1. The van der Waals surface area contributed by atoms with E-state index in [1.54, 1.807) is 7.11 Å². The van der Waals surface area contributed by atoms with Crippen molar-refractivity contribution < 1.29 is 13.2 Å². The van der Waals surface area contributed by atoms with Gasteiger partial charge >= 0.3 is 0 Å². The normalized spacial score (nSPS) is 17.6. The van der Waals surface area contributed by atoms with Crippen LogP contribution >= 0.6 is 11.6 Å². The molecule has 0 aromatic carbocycles. The monoisotopic (exact) mass is 241 g/mol. The summed E-state index contributed by atoms with van der Waals surface area (Å²) in [4.78, 5) is 0. The zero-order chi connectivity index (χ0) is 10.6. The second kappa shape index (κ2) is 5.30. The van der Waals surface area contributed by atoms with Crippen LogP contribution < -0.4 is 0 Å². The average molecular weight is 242 g/mol. The van der Waals surface area contributed by atoms with Crippen molar-refractivity contribution in [1.29, 1.82) is 0 Å². The summed E-state index contributed by atoms with van der Waals surface area (Å²) in [5.41, 5.74) is 0. The smallest absolute Gasteiger partial charge is 0.215 e. The summed E-state index contributed by atoms with van der Waals surface area (Å²) in [7, 11) is -1.59. The van der Waals surface area contributed by atoms with Gasteiger partial charge in [0.15, 0.2) is 0 Å². The second-order valence-corrected chi connectivity index (χ2v) is 5.76. The van der Waals surface area contributed by atoms with E-state index in [0.29, 0.717) is 13.2 Å². The first kappa shape index (κ1) is 12.2. The van der Waals surface area contributed by atoms with Crippen molar-refractivity contribution >= 4 is 21.6 Å². The van der Waals surface area contributed by atoms with Crippen molar-refractivity contribution in [2.24, 2.45) is 0 Å².